The number of esters is 2. The molecular formula is C48H80NO10P. The Hall–Kier alpha value is -3.15. The van der Waals surface area contributed by atoms with Crippen molar-refractivity contribution < 1.29 is 52.3 Å². The zero-order chi connectivity index (χ0) is 44.6. The van der Waals surface area contributed by atoms with Crippen LogP contribution in [0.5, 0.6) is 0 Å². The van der Waals surface area contributed by atoms with Crippen LogP contribution in [0.25, 0.3) is 0 Å². The molecule has 11 nitrogen and oxygen atoms in total. The van der Waals surface area contributed by atoms with Crippen LogP contribution in [0.15, 0.2) is 97.2 Å². The Bertz CT molecular complexity index is 1380. The molecule has 0 saturated heterocycles. The van der Waals surface area contributed by atoms with Crippen molar-refractivity contribution in [1.29, 1.82) is 0 Å². The lowest BCUT2D eigenvalue weighted by Crippen LogP contribution is -2.37. The molecule has 0 fully saturated rings. The van der Waals surface area contributed by atoms with E-state index < -0.39 is 51.3 Å². The summed E-state index contributed by atoms with van der Waals surface area (Å²) in [4.78, 5) is 37.6. The van der Waals surface area contributed by atoms with E-state index in [9.17, 15) is 29.3 Å². The van der Waals surface area contributed by atoms with Gasteiger partial charge in [-0.05, 0) is 89.9 Å². The number of aliphatic hydroxyl groups excluding tert-OH is 2. The highest BCUT2D eigenvalue weighted by Crippen LogP contribution is 2.38. The number of carbonyl (C=O) groups excluding carboxylic acids is 2. The van der Waals surface area contributed by atoms with Crippen molar-refractivity contribution in [3.63, 3.8) is 0 Å². The first-order valence-electron chi connectivity index (χ1n) is 22.1. The lowest BCUT2D eigenvalue weighted by atomic mass is 10.0. The number of allylic oxidation sites excluding steroid dienone is 15. The standard InChI is InChI=1S/C48H80NO10P/c1-6-8-10-12-14-16-18-20-21-22-23-24-26-28-30-32-34-38-48(53)59-44(43-58-60(54,55)57-41-40-49(3,4)5)42-56-47(52)39-35-37-46(51)45(50)36-33-31-29-27-25-19-17-15-13-11-9-7-2/h9,11,14-17,20-21,23-25,27-28,30-31,33,44-46,50-51H,6-8,10,12-13,18-19,22,26,29,32,34-43H2,1-5H3/b11-9-,16-14-,17-15-,21-20-,24-23-,27-25-,30-28-,33-31-/t44-,45+,46+/m1/s1. The number of quaternary nitrogens is 1. The summed E-state index contributed by atoms with van der Waals surface area (Å²) in [6.45, 7) is 3.65. The van der Waals surface area contributed by atoms with Crippen LogP contribution in [0.2, 0.25) is 0 Å². The number of hydrogen-bond donors (Lipinski definition) is 2. The largest absolute Gasteiger partial charge is 0.756 e. The van der Waals surface area contributed by atoms with Crippen molar-refractivity contribution in [2.45, 2.75) is 148 Å². The highest BCUT2D eigenvalue weighted by atomic mass is 31.2. The van der Waals surface area contributed by atoms with Gasteiger partial charge in [-0.1, -0.05) is 124 Å². The molecule has 0 bridgehead atoms. The van der Waals surface area contributed by atoms with Crippen LogP contribution in [-0.4, -0.2) is 92.5 Å². The molecule has 0 aromatic carbocycles. The van der Waals surface area contributed by atoms with Gasteiger partial charge in [0.1, 0.15) is 19.8 Å². The van der Waals surface area contributed by atoms with Gasteiger partial charge in [0.15, 0.2) is 6.10 Å². The normalized spacial score (nSPS) is 15.5. The Morgan fingerprint density at radius 3 is 1.65 bits per heavy atom. The van der Waals surface area contributed by atoms with E-state index in [2.05, 4.69) is 80.7 Å². The molecule has 12 heteroatoms. The topological polar surface area (TPSA) is 152 Å². The minimum absolute atomic E-state index is 0.0570. The summed E-state index contributed by atoms with van der Waals surface area (Å²) >= 11 is 0. The van der Waals surface area contributed by atoms with E-state index in [-0.39, 0.29) is 38.7 Å². The van der Waals surface area contributed by atoms with Crippen LogP contribution in [0.1, 0.15) is 129 Å². The number of carbonyl (C=O) groups is 2. The van der Waals surface area contributed by atoms with Crippen molar-refractivity contribution in [1.82, 2.24) is 0 Å². The van der Waals surface area contributed by atoms with Gasteiger partial charge in [-0.2, -0.15) is 0 Å². The van der Waals surface area contributed by atoms with Gasteiger partial charge in [0.05, 0.1) is 40.0 Å². The number of unbranched alkanes of at least 4 members (excludes halogenated alkanes) is 4. The van der Waals surface area contributed by atoms with Crippen LogP contribution < -0.4 is 4.89 Å². The highest BCUT2D eigenvalue weighted by Gasteiger charge is 2.22. The summed E-state index contributed by atoms with van der Waals surface area (Å²) < 4.78 is 33.6. The molecule has 342 valence electrons. The Morgan fingerprint density at radius 1 is 0.617 bits per heavy atom. The fourth-order valence-corrected chi connectivity index (χ4v) is 5.93. The minimum Gasteiger partial charge on any atom is -0.756 e. The molecule has 0 amide bonds. The van der Waals surface area contributed by atoms with Gasteiger partial charge in [-0.15, -0.1) is 0 Å². The molecule has 0 aliphatic rings. The van der Waals surface area contributed by atoms with E-state index in [1.807, 2.05) is 51.5 Å². The molecule has 0 aromatic rings. The molecular weight excluding hydrogens is 781 g/mol. The highest BCUT2D eigenvalue weighted by molar-refractivity contribution is 7.45. The summed E-state index contributed by atoms with van der Waals surface area (Å²) in [5, 5.41) is 20.7. The summed E-state index contributed by atoms with van der Waals surface area (Å²) in [7, 11) is 0.958. The summed E-state index contributed by atoms with van der Waals surface area (Å²) in [5.41, 5.74) is 0. The molecule has 0 heterocycles. The van der Waals surface area contributed by atoms with Gasteiger partial charge in [0, 0.05) is 12.8 Å². The summed E-state index contributed by atoms with van der Waals surface area (Å²) in [6, 6.07) is 0. The average Bonchev–Trinajstić information content (AvgIpc) is 3.19. The third-order valence-corrected chi connectivity index (χ3v) is 9.75. The Balaban J connectivity index is 4.71. The van der Waals surface area contributed by atoms with E-state index >= 15 is 0 Å². The number of phosphoric ester groups is 1. The molecule has 0 aliphatic heterocycles. The van der Waals surface area contributed by atoms with Crippen LogP contribution >= 0.6 is 7.82 Å². The van der Waals surface area contributed by atoms with Gasteiger partial charge in [0.2, 0.25) is 0 Å². The van der Waals surface area contributed by atoms with Gasteiger partial charge < -0.3 is 38.1 Å². The van der Waals surface area contributed by atoms with Crippen molar-refractivity contribution >= 4 is 19.8 Å². The predicted molar refractivity (Wildman–Crippen MR) is 243 cm³/mol. The van der Waals surface area contributed by atoms with Crippen molar-refractivity contribution in [2.24, 2.45) is 0 Å². The van der Waals surface area contributed by atoms with Crippen LogP contribution in [0.3, 0.4) is 0 Å². The minimum atomic E-state index is -4.72. The number of hydrogen-bond acceptors (Lipinski definition) is 10. The first-order chi connectivity index (χ1) is 28.8. The maximum atomic E-state index is 12.7. The van der Waals surface area contributed by atoms with Gasteiger partial charge >= 0.3 is 11.9 Å². The predicted octanol–water partition coefficient (Wildman–Crippen LogP) is 9.88. The molecule has 0 rings (SSSR count). The van der Waals surface area contributed by atoms with E-state index in [4.69, 9.17) is 18.5 Å². The average molecular weight is 862 g/mol. The number of rotatable bonds is 38. The smallest absolute Gasteiger partial charge is 0.306 e. The van der Waals surface area contributed by atoms with Crippen molar-refractivity contribution in [3.05, 3.63) is 97.2 Å². The van der Waals surface area contributed by atoms with Crippen molar-refractivity contribution in [3.8, 4) is 0 Å². The Morgan fingerprint density at radius 2 is 1.12 bits per heavy atom. The quantitative estimate of drug-likeness (QED) is 0.0202. The van der Waals surface area contributed by atoms with E-state index in [1.54, 1.807) is 0 Å². The molecule has 0 radical (unpaired) electrons. The number of phosphoric acid groups is 1. The molecule has 0 spiro atoms. The van der Waals surface area contributed by atoms with Gasteiger partial charge in [0.25, 0.3) is 7.82 Å². The molecule has 1 unspecified atom stereocenters. The van der Waals surface area contributed by atoms with E-state index in [0.717, 1.165) is 51.4 Å². The SMILES string of the molecule is CC/C=C\C/C=C\C/C=C\C/C=C\C[C@H](O)[C@@H](O)CCCC(=O)OC[C@H](COP(=O)([O-])OCC[N+](C)(C)C)OC(=O)CCC/C=C\C/C=C\C/C=C\C/C=C\CCCCC. The zero-order valence-corrected chi connectivity index (χ0v) is 38.5. The molecule has 4 atom stereocenters. The van der Waals surface area contributed by atoms with Crippen LogP contribution in [0.4, 0.5) is 0 Å². The van der Waals surface area contributed by atoms with Gasteiger partial charge in [-0.25, -0.2) is 0 Å². The second kappa shape index (κ2) is 38.7. The third kappa shape index (κ3) is 40.3. The first-order valence-corrected chi connectivity index (χ1v) is 23.6. The molecule has 0 saturated carbocycles. The second-order valence-electron chi connectivity index (χ2n) is 15.6. The maximum Gasteiger partial charge on any atom is 0.306 e. The zero-order valence-electron chi connectivity index (χ0n) is 37.6. The molecule has 0 aromatic heterocycles. The van der Waals surface area contributed by atoms with E-state index in [1.165, 1.54) is 19.3 Å². The second-order valence-corrected chi connectivity index (χ2v) is 17.0. The molecule has 0 aliphatic carbocycles. The fraction of sp³-hybridized carbons (Fsp3) is 0.625. The third-order valence-electron chi connectivity index (χ3n) is 8.79. The number of likely N-dealkylation sites (N-methyl/N-ethyl adjacent to an activating group) is 1. The van der Waals surface area contributed by atoms with Crippen LogP contribution in [0, 0.1) is 0 Å². The van der Waals surface area contributed by atoms with E-state index in [0.29, 0.717) is 23.9 Å². The summed E-state index contributed by atoms with van der Waals surface area (Å²) in [6.07, 6.45) is 43.3. The number of ether oxygens (including phenoxy) is 2. The lowest BCUT2D eigenvalue weighted by molar-refractivity contribution is -0.870. The monoisotopic (exact) mass is 862 g/mol. The number of nitrogens with zero attached hydrogens (tertiary/aromatic N) is 1. The Kier molecular flexibility index (Phi) is 36.7. The molecule has 60 heavy (non-hydrogen) atoms. The fourth-order valence-electron chi connectivity index (χ4n) is 5.20. The van der Waals surface area contributed by atoms with Crippen LogP contribution in [-0.2, 0) is 32.7 Å². The Labute approximate surface area is 363 Å². The first kappa shape index (κ1) is 56.9. The van der Waals surface area contributed by atoms with Gasteiger partial charge in [-0.3, -0.25) is 14.2 Å². The number of aliphatic hydroxyl groups is 2. The summed E-state index contributed by atoms with van der Waals surface area (Å²) in [5.74, 6) is -1.20. The molecule has 2 N–H and O–H groups in total. The van der Waals surface area contributed by atoms with Crippen molar-refractivity contribution in [2.75, 3.05) is 47.5 Å². The lowest BCUT2D eigenvalue weighted by Gasteiger charge is -2.28. The maximum absolute atomic E-state index is 12.7.